The normalized spacial score (nSPS) is 15.3. The van der Waals surface area contributed by atoms with Crippen molar-refractivity contribution in [3.63, 3.8) is 0 Å². The van der Waals surface area contributed by atoms with Crippen LogP contribution in [0.5, 0.6) is 0 Å². The maximum Gasteiger partial charge on any atom is 0.410 e. The summed E-state index contributed by atoms with van der Waals surface area (Å²) in [6, 6.07) is 3.90. The van der Waals surface area contributed by atoms with Gasteiger partial charge in [-0.25, -0.2) is 24.1 Å². The Morgan fingerprint density at radius 2 is 1.73 bits per heavy atom. The first kappa shape index (κ1) is 36.3. The Hall–Kier alpha value is -4.02. The van der Waals surface area contributed by atoms with Crippen LogP contribution < -0.4 is 16.6 Å². The lowest BCUT2D eigenvalue weighted by molar-refractivity contribution is 0.0119. The van der Waals surface area contributed by atoms with Crippen LogP contribution in [-0.4, -0.2) is 55.7 Å². The van der Waals surface area contributed by atoms with Crippen LogP contribution in [0.3, 0.4) is 0 Å². The summed E-state index contributed by atoms with van der Waals surface area (Å²) < 4.78 is 22.7. The number of nitrogen functional groups attached to an aromatic ring is 1. The third-order valence-electron chi connectivity index (χ3n) is 8.10. The number of piperazine rings is 1. The quantitative estimate of drug-likeness (QED) is 0.157. The van der Waals surface area contributed by atoms with E-state index in [9.17, 15) is 14.9 Å². The van der Waals surface area contributed by atoms with Gasteiger partial charge < -0.3 is 15.8 Å². The van der Waals surface area contributed by atoms with E-state index >= 15 is 4.39 Å². The number of aromatic nitrogens is 4. The number of nitrogens with one attached hydrogen (secondary N) is 1. The molecule has 1 saturated heterocycles. The number of nitrogens with two attached hydrogens (primary N) is 1. The van der Waals surface area contributed by atoms with Crippen LogP contribution in [0.1, 0.15) is 88.9 Å². The molecule has 1 unspecified atom stereocenters. The van der Waals surface area contributed by atoms with Crippen LogP contribution in [0.2, 0.25) is 15.1 Å². The molecule has 0 aliphatic carbocycles. The van der Waals surface area contributed by atoms with E-state index in [4.69, 9.17) is 50.3 Å². The van der Waals surface area contributed by atoms with Gasteiger partial charge in [0, 0.05) is 30.6 Å². The van der Waals surface area contributed by atoms with Crippen LogP contribution in [0.4, 0.5) is 14.9 Å². The van der Waals surface area contributed by atoms with Crippen molar-refractivity contribution >= 4 is 57.6 Å². The predicted octanol–water partition coefficient (Wildman–Crippen LogP) is 7.52. The summed E-state index contributed by atoms with van der Waals surface area (Å²) in [6.07, 6.45) is 0.799. The predicted molar refractivity (Wildman–Crippen MR) is 189 cm³/mol. The zero-order valence-corrected chi connectivity index (χ0v) is 30.4. The van der Waals surface area contributed by atoms with E-state index in [0.717, 1.165) is 0 Å². The number of hydrogen-bond donors (Lipinski definition) is 2. The maximum absolute atomic E-state index is 15.7. The molecule has 1 fully saturated rings. The van der Waals surface area contributed by atoms with E-state index in [-0.39, 0.29) is 79.1 Å². The lowest BCUT2D eigenvalue weighted by Gasteiger charge is -2.38. The second kappa shape index (κ2) is 13.7. The molecule has 0 radical (unpaired) electrons. The van der Waals surface area contributed by atoms with E-state index < -0.39 is 29.1 Å². The number of rotatable bonds is 5. The van der Waals surface area contributed by atoms with Gasteiger partial charge in [0.05, 0.1) is 55.1 Å². The summed E-state index contributed by atoms with van der Waals surface area (Å²) in [4.78, 5) is 43.7. The highest BCUT2D eigenvalue weighted by Crippen LogP contribution is 2.43. The van der Waals surface area contributed by atoms with Crippen LogP contribution in [0.15, 0.2) is 23.3 Å². The van der Waals surface area contributed by atoms with Gasteiger partial charge >= 0.3 is 6.09 Å². The minimum absolute atomic E-state index is 0.00149. The fraction of sp³-hybridized carbons (Fsp3) is 0.412. The Kier molecular flexibility index (Phi) is 10.1. The number of ether oxygens (including phenoxy) is 1. The second-order valence-electron chi connectivity index (χ2n) is 13.4. The van der Waals surface area contributed by atoms with Gasteiger partial charge in [-0.05, 0) is 44.7 Å². The summed E-state index contributed by atoms with van der Waals surface area (Å²) in [7, 11) is 0. The highest BCUT2D eigenvalue weighted by atomic mass is 35.5. The van der Waals surface area contributed by atoms with Gasteiger partial charge in [-0.2, -0.15) is 5.26 Å². The van der Waals surface area contributed by atoms with Gasteiger partial charge in [0.2, 0.25) is 0 Å². The summed E-state index contributed by atoms with van der Waals surface area (Å²) in [5.41, 5.74) is 5.47. The number of nitrogens with zero attached hydrogens (tertiary/aromatic N) is 6. The molecule has 0 saturated carbocycles. The minimum atomic E-state index is -0.915. The number of hydrogen-bond acceptors (Lipinski definition) is 9. The Balaban J connectivity index is 2.00. The molecule has 0 spiro atoms. The lowest BCUT2D eigenvalue weighted by atomic mass is 9.94. The molecule has 0 bridgehead atoms. The number of nitriles is 1. The molecule has 4 heterocycles. The van der Waals surface area contributed by atoms with Crippen molar-refractivity contribution in [3.8, 4) is 23.0 Å². The molecule has 11 nitrogen and oxygen atoms in total. The van der Waals surface area contributed by atoms with Gasteiger partial charge in [-0.1, -0.05) is 62.5 Å². The lowest BCUT2D eigenvalue weighted by Crippen LogP contribution is -2.50. The van der Waals surface area contributed by atoms with Crippen molar-refractivity contribution in [1.82, 2.24) is 29.7 Å². The number of pyridine rings is 2. The van der Waals surface area contributed by atoms with Crippen molar-refractivity contribution in [1.29, 1.82) is 5.26 Å². The molecule has 3 aromatic heterocycles. The van der Waals surface area contributed by atoms with Crippen LogP contribution in [-0.2, 0) is 4.74 Å². The number of carbonyl (C=O) groups excluding carboxylic acids is 1. The smallest absolute Gasteiger partial charge is 0.410 e. The van der Waals surface area contributed by atoms with E-state index in [1.54, 1.807) is 20.8 Å². The Morgan fingerprint density at radius 3 is 2.31 bits per heavy atom. The number of amides is 1. The molecule has 49 heavy (non-hydrogen) atoms. The molecular formula is C34H36Cl3FN8O3. The van der Waals surface area contributed by atoms with E-state index in [0.29, 0.717) is 23.6 Å². The van der Waals surface area contributed by atoms with Crippen molar-refractivity contribution in [2.75, 3.05) is 25.4 Å². The zero-order chi connectivity index (χ0) is 36.1. The highest BCUT2D eigenvalue weighted by molar-refractivity contribution is 6.38. The summed E-state index contributed by atoms with van der Waals surface area (Å²) in [5, 5.41) is 13.8. The molecule has 258 valence electrons. The Labute approximate surface area is 298 Å². The van der Waals surface area contributed by atoms with Crippen LogP contribution in [0.25, 0.3) is 28.0 Å². The SMILES string of the molecule is CC(C)c1ncnc(C(C)C)c1-n1c(=O)c(C#N)c(C2CNCCN2C(=O)OC(C)(C)C)c2cc(Cl)c(-c3c(N)c(Cl)cc(Cl)c3F)nc21. The number of fused-ring (bicyclic) bond motifs is 1. The number of anilines is 1. The number of carbonyl (C=O) groups is 1. The van der Waals surface area contributed by atoms with Crippen molar-refractivity contribution < 1.29 is 13.9 Å². The third kappa shape index (κ3) is 6.65. The van der Waals surface area contributed by atoms with Gasteiger partial charge in [-0.15, -0.1) is 0 Å². The number of benzene rings is 1. The molecule has 3 N–H and O–H groups in total. The summed E-state index contributed by atoms with van der Waals surface area (Å²) in [5.74, 6) is -1.31. The molecule has 1 aliphatic heterocycles. The monoisotopic (exact) mass is 728 g/mol. The summed E-state index contributed by atoms with van der Waals surface area (Å²) in [6.45, 7) is 13.7. The molecule has 1 atom stereocenters. The first-order chi connectivity index (χ1) is 23.0. The molecule has 5 rings (SSSR count). The third-order valence-corrected chi connectivity index (χ3v) is 8.98. The fourth-order valence-electron chi connectivity index (χ4n) is 5.97. The van der Waals surface area contributed by atoms with E-state index in [1.807, 2.05) is 27.7 Å². The van der Waals surface area contributed by atoms with Gasteiger partial charge in [0.1, 0.15) is 29.2 Å². The molecule has 4 aromatic rings. The average molecular weight is 730 g/mol. The first-order valence-corrected chi connectivity index (χ1v) is 16.8. The summed E-state index contributed by atoms with van der Waals surface area (Å²) >= 11 is 19.4. The largest absolute Gasteiger partial charge is 0.444 e. The Morgan fingerprint density at radius 1 is 1.10 bits per heavy atom. The molecular weight excluding hydrogens is 694 g/mol. The van der Waals surface area contributed by atoms with Crippen molar-refractivity contribution in [2.24, 2.45) is 0 Å². The van der Waals surface area contributed by atoms with Crippen LogP contribution >= 0.6 is 34.8 Å². The molecule has 15 heteroatoms. The van der Waals surface area contributed by atoms with Crippen molar-refractivity contribution in [2.45, 2.75) is 71.9 Å². The minimum Gasteiger partial charge on any atom is -0.444 e. The molecule has 1 aromatic carbocycles. The van der Waals surface area contributed by atoms with Crippen LogP contribution in [0, 0.1) is 17.1 Å². The Bertz CT molecular complexity index is 2040. The standard InChI is InChI=1S/C34H36Cl3FN8O3/c1-15(2)27-30(28(16(3)4)43-14-42-27)46-31-17(10-21(37)29(44-31)24-25(38)19(35)11-20(36)26(24)40)23(18(12-39)32(46)47)22-13-41-8-9-45(22)33(48)49-34(5,6)7/h10-11,14-16,22,41H,8-9,13,40H2,1-7H3. The maximum atomic E-state index is 15.7. The van der Waals surface area contributed by atoms with E-state index in [1.165, 1.54) is 27.9 Å². The average Bonchev–Trinajstić information content (AvgIpc) is 3.02. The highest BCUT2D eigenvalue weighted by Gasteiger charge is 2.37. The zero-order valence-electron chi connectivity index (χ0n) is 28.1. The van der Waals surface area contributed by atoms with Gasteiger partial charge in [0.25, 0.3) is 5.56 Å². The molecule has 1 aliphatic rings. The number of halogens is 4. The fourth-order valence-corrected chi connectivity index (χ4v) is 6.67. The van der Waals surface area contributed by atoms with Gasteiger partial charge in [-0.3, -0.25) is 14.3 Å². The first-order valence-electron chi connectivity index (χ1n) is 15.7. The van der Waals surface area contributed by atoms with Crippen molar-refractivity contribution in [3.05, 3.63) is 72.2 Å². The second-order valence-corrected chi connectivity index (χ2v) is 14.6. The van der Waals surface area contributed by atoms with Gasteiger partial charge in [0.15, 0.2) is 5.82 Å². The van der Waals surface area contributed by atoms with E-state index in [2.05, 4.69) is 21.4 Å². The molecule has 1 amide bonds. The topological polar surface area (TPSA) is 152 Å².